The second-order valence-electron chi connectivity index (χ2n) is 4.98. The van der Waals surface area contributed by atoms with Crippen LogP contribution in [0.25, 0.3) is 0 Å². The number of benzene rings is 2. The molecule has 4 heteroatoms. The summed E-state index contributed by atoms with van der Waals surface area (Å²) in [7, 11) is 0. The minimum Gasteiger partial charge on any atom is -0.473 e. The molecule has 2 amide bonds. The van der Waals surface area contributed by atoms with Gasteiger partial charge in [-0.3, -0.25) is 0 Å². The lowest BCUT2D eigenvalue weighted by Gasteiger charge is -2.12. The molecule has 2 aromatic rings. The maximum atomic E-state index is 11.8. The summed E-state index contributed by atoms with van der Waals surface area (Å²) in [5, 5.41) is 5.49. The number of hydrogen-bond donors (Lipinski definition) is 2. The average Bonchev–Trinajstić information content (AvgIpc) is 2.46. The molecule has 0 aliphatic carbocycles. The van der Waals surface area contributed by atoms with Gasteiger partial charge in [0.2, 0.25) is 0 Å². The van der Waals surface area contributed by atoms with Gasteiger partial charge in [-0.05, 0) is 50.1 Å². The van der Waals surface area contributed by atoms with E-state index in [0.29, 0.717) is 0 Å². The van der Waals surface area contributed by atoms with Gasteiger partial charge in [-0.15, -0.1) is 0 Å². The highest BCUT2D eigenvalue weighted by molar-refractivity contribution is 5.90. The monoisotopic (exact) mass is 284 g/mol. The maximum absolute atomic E-state index is 11.8. The highest BCUT2D eigenvalue weighted by atomic mass is 16.5. The fourth-order valence-corrected chi connectivity index (χ4v) is 1.87. The van der Waals surface area contributed by atoms with Gasteiger partial charge in [0.25, 0.3) is 0 Å². The Balaban J connectivity index is 1.82. The van der Waals surface area contributed by atoms with E-state index in [-0.39, 0.29) is 12.8 Å². The van der Waals surface area contributed by atoms with Crippen molar-refractivity contribution < 1.29 is 9.53 Å². The van der Waals surface area contributed by atoms with Crippen molar-refractivity contribution in [1.82, 2.24) is 5.32 Å². The van der Waals surface area contributed by atoms with Crippen molar-refractivity contribution in [1.29, 1.82) is 0 Å². The first-order valence-corrected chi connectivity index (χ1v) is 6.87. The van der Waals surface area contributed by atoms with Crippen LogP contribution in [0.1, 0.15) is 16.7 Å². The fraction of sp³-hybridized carbons (Fsp3) is 0.235. The van der Waals surface area contributed by atoms with Crippen LogP contribution in [0.2, 0.25) is 0 Å². The van der Waals surface area contributed by atoms with Gasteiger partial charge in [0, 0.05) is 5.69 Å². The SMILES string of the molecule is Cc1ccc(OCNC(=O)Nc2cccc(C)c2C)cc1. The lowest BCUT2D eigenvalue weighted by atomic mass is 10.1. The van der Waals surface area contributed by atoms with Gasteiger partial charge < -0.3 is 15.4 Å². The zero-order valence-corrected chi connectivity index (χ0v) is 12.6. The molecule has 2 aromatic carbocycles. The first-order valence-electron chi connectivity index (χ1n) is 6.87. The van der Waals surface area contributed by atoms with E-state index in [9.17, 15) is 4.79 Å². The lowest BCUT2D eigenvalue weighted by molar-refractivity contribution is 0.234. The van der Waals surface area contributed by atoms with Crippen molar-refractivity contribution in [3.05, 3.63) is 59.2 Å². The molecule has 21 heavy (non-hydrogen) atoms. The predicted molar refractivity (Wildman–Crippen MR) is 84.7 cm³/mol. The van der Waals surface area contributed by atoms with Gasteiger partial charge in [0.05, 0.1) is 0 Å². The van der Waals surface area contributed by atoms with Crippen LogP contribution in [-0.2, 0) is 0 Å². The van der Waals surface area contributed by atoms with Crippen molar-refractivity contribution >= 4 is 11.7 Å². The largest absolute Gasteiger partial charge is 0.473 e. The van der Waals surface area contributed by atoms with Gasteiger partial charge >= 0.3 is 6.03 Å². The van der Waals surface area contributed by atoms with Crippen LogP contribution in [0.4, 0.5) is 10.5 Å². The third-order valence-electron chi connectivity index (χ3n) is 3.35. The molecule has 0 aliphatic heterocycles. The molecular weight excluding hydrogens is 264 g/mol. The zero-order chi connectivity index (χ0) is 15.2. The maximum Gasteiger partial charge on any atom is 0.321 e. The van der Waals surface area contributed by atoms with E-state index in [1.165, 1.54) is 5.56 Å². The Morgan fingerprint density at radius 1 is 1.05 bits per heavy atom. The molecular formula is C17H20N2O2. The van der Waals surface area contributed by atoms with Crippen LogP contribution in [0.5, 0.6) is 5.75 Å². The summed E-state index contributed by atoms with van der Waals surface area (Å²) in [5.41, 5.74) is 4.18. The lowest BCUT2D eigenvalue weighted by Crippen LogP contribution is -2.32. The van der Waals surface area contributed by atoms with Crippen molar-refractivity contribution in [3.63, 3.8) is 0 Å². The normalized spacial score (nSPS) is 10.0. The molecule has 4 nitrogen and oxygen atoms in total. The Morgan fingerprint density at radius 2 is 1.76 bits per heavy atom. The van der Waals surface area contributed by atoms with Gasteiger partial charge in [-0.1, -0.05) is 29.8 Å². The molecule has 0 radical (unpaired) electrons. The van der Waals surface area contributed by atoms with Crippen molar-refractivity contribution in [2.75, 3.05) is 12.0 Å². The van der Waals surface area contributed by atoms with Crippen molar-refractivity contribution in [3.8, 4) is 5.75 Å². The summed E-state index contributed by atoms with van der Waals surface area (Å²) in [5.74, 6) is 0.729. The van der Waals surface area contributed by atoms with Gasteiger partial charge in [-0.25, -0.2) is 4.79 Å². The Hall–Kier alpha value is -2.49. The van der Waals surface area contributed by atoms with Crippen LogP contribution in [0.3, 0.4) is 0 Å². The molecule has 0 saturated heterocycles. The quantitative estimate of drug-likeness (QED) is 0.840. The van der Waals surface area contributed by atoms with E-state index in [2.05, 4.69) is 10.6 Å². The van der Waals surface area contributed by atoms with Crippen LogP contribution in [0.15, 0.2) is 42.5 Å². The number of carbonyl (C=O) groups is 1. The van der Waals surface area contributed by atoms with E-state index >= 15 is 0 Å². The van der Waals surface area contributed by atoms with Crippen molar-refractivity contribution in [2.24, 2.45) is 0 Å². The molecule has 2 N–H and O–H groups in total. The van der Waals surface area contributed by atoms with E-state index in [1.54, 1.807) is 0 Å². The van der Waals surface area contributed by atoms with Crippen LogP contribution < -0.4 is 15.4 Å². The zero-order valence-electron chi connectivity index (χ0n) is 12.6. The second-order valence-corrected chi connectivity index (χ2v) is 4.98. The number of anilines is 1. The Labute approximate surface area is 125 Å². The number of hydrogen-bond acceptors (Lipinski definition) is 2. The summed E-state index contributed by atoms with van der Waals surface area (Å²) in [6.45, 7) is 6.13. The average molecular weight is 284 g/mol. The Bertz CT molecular complexity index is 621. The molecule has 0 heterocycles. The highest BCUT2D eigenvalue weighted by Crippen LogP contribution is 2.17. The van der Waals surface area contributed by atoms with Gasteiger partial charge in [0.15, 0.2) is 6.73 Å². The number of aryl methyl sites for hydroxylation is 2. The van der Waals surface area contributed by atoms with Crippen LogP contribution in [-0.4, -0.2) is 12.8 Å². The Kier molecular flexibility index (Phi) is 4.82. The first kappa shape index (κ1) is 14.9. The summed E-state index contributed by atoms with van der Waals surface area (Å²) in [6.07, 6.45) is 0. The molecule has 0 atom stereocenters. The fourth-order valence-electron chi connectivity index (χ4n) is 1.87. The molecule has 0 aliphatic rings. The predicted octanol–water partition coefficient (Wildman–Crippen LogP) is 3.77. The number of amides is 2. The topological polar surface area (TPSA) is 50.4 Å². The number of urea groups is 1. The van der Waals surface area contributed by atoms with Gasteiger partial charge in [0.1, 0.15) is 5.75 Å². The third-order valence-corrected chi connectivity index (χ3v) is 3.35. The number of carbonyl (C=O) groups excluding carboxylic acids is 1. The molecule has 0 saturated carbocycles. The molecule has 2 rings (SSSR count). The number of nitrogens with one attached hydrogen (secondary N) is 2. The van der Waals surface area contributed by atoms with E-state index in [1.807, 2.05) is 63.2 Å². The van der Waals surface area contributed by atoms with E-state index in [4.69, 9.17) is 4.74 Å². The van der Waals surface area contributed by atoms with Gasteiger partial charge in [-0.2, -0.15) is 0 Å². The first-order chi connectivity index (χ1) is 10.1. The summed E-state index contributed by atoms with van der Waals surface area (Å²) < 4.78 is 5.45. The molecule has 0 fully saturated rings. The standard InChI is InChI=1S/C17H20N2O2/c1-12-7-9-15(10-8-12)21-11-18-17(20)19-16-6-4-5-13(2)14(16)3/h4-10H,11H2,1-3H3,(H2,18,19,20). The minimum atomic E-state index is -0.282. The van der Waals surface area contributed by atoms with Crippen LogP contribution in [0, 0.1) is 20.8 Å². The minimum absolute atomic E-state index is 0.125. The summed E-state index contributed by atoms with van der Waals surface area (Å²) in [6, 6.07) is 13.2. The third kappa shape index (κ3) is 4.24. The molecule has 0 aromatic heterocycles. The molecule has 0 spiro atoms. The molecule has 0 bridgehead atoms. The summed E-state index contributed by atoms with van der Waals surface area (Å²) in [4.78, 5) is 11.8. The second kappa shape index (κ2) is 6.79. The molecule has 0 unspecified atom stereocenters. The number of rotatable bonds is 4. The molecule has 110 valence electrons. The highest BCUT2D eigenvalue weighted by Gasteiger charge is 2.05. The Morgan fingerprint density at radius 3 is 2.48 bits per heavy atom. The van der Waals surface area contributed by atoms with E-state index < -0.39 is 0 Å². The van der Waals surface area contributed by atoms with E-state index in [0.717, 1.165) is 22.6 Å². The smallest absolute Gasteiger partial charge is 0.321 e. The van der Waals surface area contributed by atoms with Crippen LogP contribution >= 0.6 is 0 Å². The summed E-state index contributed by atoms with van der Waals surface area (Å²) >= 11 is 0. The number of ether oxygens (including phenoxy) is 1. The van der Waals surface area contributed by atoms with Crippen molar-refractivity contribution in [2.45, 2.75) is 20.8 Å².